The topological polar surface area (TPSA) is 22.1 Å². The van der Waals surface area contributed by atoms with Gasteiger partial charge in [0, 0.05) is 6.07 Å². The Bertz CT molecular complexity index is 282. The quantitative estimate of drug-likeness (QED) is 0.704. The number of ether oxygens (including phenoxy) is 1. The molecule has 0 amide bonds. The molecule has 0 N–H and O–H groups in total. The number of aromatic nitrogens is 1. The van der Waals surface area contributed by atoms with Crippen LogP contribution in [0.25, 0.3) is 0 Å². The van der Waals surface area contributed by atoms with Crippen LogP contribution in [0.1, 0.15) is 0 Å². The van der Waals surface area contributed by atoms with Crippen molar-refractivity contribution in [2.24, 2.45) is 0 Å². The van der Waals surface area contributed by atoms with Crippen molar-refractivity contribution < 1.29 is 9.13 Å². The lowest BCUT2D eigenvalue weighted by molar-refractivity contribution is 0.390. The molecule has 0 aromatic carbocycles. The summed E-state index contributed by atoms with van der Waals surface area (Å²) in [5.74, 6) is -0.336. The van der Waals surface area contributed by atoms with Crippen molar-refractivity contribution in [1.29, 1.82) is 0 Å². The van der Waals surface area contributed by atoms with Gasteiger partial charge in [-0.2, -0.15) is 0 Å². The zero-order valence-corrected chi connectivity index (χ0v) is 7.91. The van der Waals surface area contributed by atoms with Crippen LogP contribution >= 0.6 is 27.5 Å². The number of halogens is 3. The third-order valence-electron chi connectivity index (χ3n) is 1.04. The predicted molar refractivity (Wildman–Crippen MR) is 43.5 cm³/mol. The van der Waals surface area contributed by atoms with E-state index in [1.807, 2.05) is 0 Å². The minimum atomic E-state index is -0.484. The zero-order valence-electron chi connectivity index (χ0n) is 5.57. The molecule has 1 heterocycles. The van der Waals surface area contributed by atoms with Gasteiger partial charge in [-0.15, -0.1) is 0 Å². The molecule has 0 aliphatic heterocycles. The zero-order chi connectivity index (χ0) is 8.43. The predicted octanol–water partition coefficient (Wildman–Crippen LogP) is 2.65. The SMILES string of the molecule is COc1nc(Cl)cc(F)c1Br. The van der Waals surface area contributed by atoms with E-state index < -0.39 is 5.82 Å². The Labute approximate surface area is 76.5 Å². The maximum atomic E-state index is 12.8. The van der Waals surface area contributed by atoms with E-state index in [0.717, 1.165) is 6.07 Å². The second-order valence-corrected chi connectivity index (χ2v) is 2.93. The van der Waals surface area contributed by atoms with E-state index in [1.165, 1.54) is 7.11 Å². The molecular formula is C6H4BrClFNO. The van der Waals surface area contributed by atoms with Gasteiger partial charge in [0.25, 0.3) is 0 Å². The molecule has 0 aliphatic carbocycles. The van der Waals surface area contributed by atoms with Crippen molar-refractivity contribution in [1.82, 2.24) is 4.98 Å². The van der Waals surface area contributed by atoms with Crippen LogP contribution in [-0.2, 0) is 0 Å². The van der Waals surface area contributed by atoms with Gasteiger partial charge in [0.15, 0.2) is 0 Å². The maximum absolute atomic E-state index is 12.8. The summed E-state index contributed by atoms with van der Waals surface area (Å²) in [5, 5.41) is 0.0718. The summed E-state index contributed by atoms with van der Waals surface area (Å²) < 4.78 is 17.7. The second kappa shape index (κ2) is 3.36. The smallest absolute Gasteiger partial charge is 0.232 e. The molecule has 0 saturated heterocycles. The summed E-state index contributed by atoms with van der Waals surface area (Å²) in [6.45, 7) is 0. The van der Waals surface area contributed by atoms with E-state index in [9.17, 15) is 4.39 Å². The monoisotopic (exact) mass is 239 g/mol. The molecule has 1 aromatic heterocycles. The fourth-order valence-electron chi connectivity index (χ4n) is 0.584. The normalized spacial score (nSPS) is 9.82. The van der Waals surface area contributed by atoms with Crippen LogP contribution in [0.15, 0.2) is 10.5 Å². The summed E-state index contributed by atoms with van der Waals surface area (Å²) in [4.78, 5) is 3.71. The van der Waals surface area contributed by atoms with Crippen molar-refractivity contribution in [2.45, 2.75) is 0 Å². The Hall–Kier alpha value is -0.350. The number of hydrogen-bond donors (Lipinski definition) is 0. The minimum absolute atomic E-state index is 0.0718. The van der Waals surface area contributed by atoms with Crippen molar-refractivity contribution in [3.8, 4) is 5.88 Å². The molecule has 0 atom stereocenters. The van der Waals surface area contributed by atoms with Gasteiger partial charge in [-0.05, 0) is 15.9 Å². The molecule has 0 spiro atoms. The Morgan fingerprint density at radius 3 is 2.91 bits per heavy atom. The highest BCUT2D eigenvalue weighted by molar-refractivity contribution is 9.10. The highest BCUT2D eigenvalue weighted by Crippen LogP contribution is 2.27. The number of nitrogens with zero attached hydrogens (tertiary/aromatic N) is 1. The average molecular weight is 240 g/mol. The van der Waals surface area contributed by atoms with E-state index >= 15 is 0 Å². The number of pyridine rings is 1. The van der Waals surface area contributed by atoms with Crippen molar-refractivity contribution in [3.05, 3.63) is 21.5 Å². The molecule has 0 bridgehead atoms. The number of rotatable bonds is 1. The Kier molecular flexibility index (Phi) is 2.67. The summed E-state index contributed by atoms with van der Waals surface area (Å²) >= 11 is 8.40. The largest absolute Gasteiger partial charge is 0.480 e. The van der Waals surface area contributed by atoms with Crippen LogP contribution in [0.4, 0.5) is 4.39 Å². The molecule has 11 heavy (non-hydrogen) atoms. The van der Waals surface area contributed by atoms with Crippen LogP contribution in [0.5, 0.6) is 5.88 Å². The van der Waals surface area contributed by atoms with Crippen molar-refractivity contribution in [3.63, 3.8) is 0 Å². The van der Waals surface area contributed by atoms with Gasteiger partial charge in [-0.1, -0.05) is 11.6 Å². The Morgan fingerprint density at radius 1 is 1.73 bits per heavy atom. The molecule has 0 aliphatic rings. The van der Waals surface area contributed by atoms with E-state index in [-0.39, 0.29) is 15.5 Å². The van der Waals surface area contributed by atoms with Crippen molar-refractivity contribution in [2.75, 3.05) is 7.11 Å². The van der Waals surface area contributed by atoms with Crippen molar-refractivity contribution >= 4 is 27.5 Å². The van der Waals surface area contributed by atoms with Crippen LogP contribution in [0.3, 0.4) is 0 Å². The summed E-state index contributed by atoms with van der Waals surface area (Å²) in [7, 11) is 1.39. The first-order valence-electron chi connectivity index (χ1n) is 2.70. The highest BCUT2D eigenvalue weighted by atomic mass is 79.9. The first-order chi connectivity index (χ1) is 5.15. The molecule has 5 heteroatoms. The third-order valence-corrected chi connectivity index (χ3v) is 1.96. The second-order valence-electron chi connectivity index (χ2n) is 1.75. The highest BCUT2D eigenvalue weighted by Gasteiger charge is 2.08. The van der Waals surface area contributed by atoms with Gasteiger partial charge >= 0.3 is 0 Å². The van der Waals surface area contributed by atoms with Crippen LogP contribution < -0.4 is 4.74 Å². The lowest BCUT2D eigenvalue weighted by Crippen LogP contribution is -1.91. The van der Waals surface area contributed by atoms with E-state index in [0.29, 0.717) is 0 Å². The van der Waals surface area contributed by atoms with Gasteiger partial charge in [0.1, 0.15) is 15.4 Å². The van der Waals surface area contributed by atoms with Gasteiger partial charge in [-0.25, -0.2) is 9.37 Å². The number of hydrogen-bond acceptors (Lipinski definition) is 2. The maximum Gasteiger partial charge on any atom is 0.232 e. The van der Waals surface area contributed by atoms with Crippen LogP contribution in [-0.4, -0.2) is 12.1 Å². The van der Waals surface area contributed by atoms with Gasteiger partial charge in [0.2, 0.25) is 5.88 Å². The summed E-state index contributed by atoms with van der Waals surface area (Å²) in [5.41, 5.74) is 0. The fraction of sp³-hybridized carbons (Fsp3) is 0.167. The molecular weight excluding hydrogens is 236 g/mol. The molecule has 2 nitrogen and oxygen atoms in total. The summed E-state index contributed by atoms with van der Waals surface area (Å²) in [6, 6.07) is 1.11. The summed E-state index contributed by atoms with van der Waals surface area (Å²) in [6.07, 6.45) is 0. The standard InChI is InChI=1S/C6H4BrClFNO/c1-11-6-5(7)3(9)2-4(8)10-6/h2H,1H3. The molecule has 60 valence electrons. The van der Waals surface area contributed by atoms with Crippen LogP contribution in [0.2, 0.25) is 5.15 Å². The molecule has 0 unspecified atom stereocenters. The lowest BCUT2D eigenvalue weighted by Gasteiger charge is -2.01. The van der Waals surface area contributed by atoms with Crippen LogP contribution in [0, 0.1) is 5.82 Å². The average Bonchev–Trinajstić information content (AvgIpc) is 1.96. The molecule has 1 rings (SSSR count). The Morgan fingerprint density at radius 2 is 2.36 bits per heavy atom. The van der Waals surface area contributed by atoms with E-state index in [2.05, 4.69) is 20.9 Å². The molecule has 1 aromatic rings. The lowest BCUT2D eigenvalue weighted by atomic mass is 10.5. The first-order valence-corrected chi connectivity index (χ1v) is 3.87. The fourth-order valence-corrected chi connectivity index (χ4v) is 1.12. The van der Waals surface area contributed by atoms with Gasteiger partial charge in [0.05, 0.1) is 7.11 Å². The first kappa shape index (κ1) is 8.74. The van der Waals surface area contributed by atoms with Gasteiger partial charge in [-0.3, -0.25) is 0 Å². The molecule has 0 fully saturated rings. The third kappa shape index (κ3) is 1.81. The molecule has 0 radical (unpaired) electrons. The van der Waals surface area contributed by atoms with E-state index in [4.69, 9.17) is 16.3 Å². The number of methoxy groups -OCH3 is 1. The van der Waals surface area contributed by atoms with E-state index in [1.54, 1.807) is 0 Å². The Balaban J connectivity index is 3.24. The minimum Gasteiger partial charge on any atom is -0.480 e. The van der Waals surface area contributed by atoms with Gasteiger partial charge < -0.3 is 4.74 Å². The molecule has 0 saturated carbocycles.